The van der Waals surface area contributed by atoms with Crippen LogP contribution < -0.4 is 5.73 Å². The number of nitrogens with zero attached hydrogens (tertiary/aromatic N) is 2. The molecule has 0 aromatic heterocycles. The fraction of sp³-hybridized carbons (Fsp3) is 0.684. The van der Waals surface area contributed by atoms with Gasteiger partial charge in [0.2, 0.25) is 0 Å². The van der Waals surface area contributed by atoms with Crippen LogP contribution in [0.15, 0.2) is 29.0 Å². The first-order valence-electron chi connectivity index (χ1n) is 9.15. The molecule has 0 bridgehead atoms. The Morgan fingerprint density at radius 1 is 1.38 bits per heavy atom. The number of ether oxygens (including phenoxy) is 1. The average Bonchev–Trinajstić information content (AvgIpc) is 2.80. The fourth-order valence-corrected chi connectivity index (χ4v) is 3.93. The second-order valence-electron chi connectivity index (χ2n) is 7.54. The Balaban J connectivity index is 1.73. The highest BCUT2D eigenvalue weighted by Crippen LogP contribution is 2.36. The Hall–Kier alpha value is -1.78. The van der Waals surface area contributed by atoms with Crippen molar-refractivity contribution < 1.29 is 9.53 Å². The van der Waals surface area contributed by atoms with Crippen LogP contribution in [0, 0.1) is 11.8 Å². The second kappa shape index (κ2) is 6.99. The molecule has 0 aromatic carbocycles. The zero-order valence-electron chi connectivity index (χ0n) is 14.8. The first kappa shape index (κ1) is 17.1. The summed E-state index contributed by atoms with van der Waals surface area (Å²) in [6.07, 6.45) is 14.1. The van der Waals surface area contributed by atoms with Crippen LogP contribution in [0.25, 0.3) is 0 Å². The Labute approximate surface area is 144 Å². The fourth-order valence-electron chi connectivity index (χ4n) is 3.93. The van der Waals surface area contributed by atoms with Crippen molar-refractivity contribution in [3.8, 4) is 0 Å². The van der Waals surface area contributed by atoms with E-state index in [9.17, 15) is 4.79 Å². The number of carbonyl (C=O) groups is 1. The summed E-state index contributed by atoms with van der Waals surface area (Å²) < 4.78 is 5.99. The lowest BCUT2D eigenvalue weighted by atomic mass is 9.79. The third-order valence-corrected chi connectivity index (χ3v) is 5.48. The predicted octanol–water partition coefficient (Wildman–Crippen LogP) is 2.98. The van der Waals surface area contributed by atoms with Gasteiger partial charge in [-0.15, -0.1) is 0 Å². The number of hydrogen-bond acceptors (Lipinski definition) is 4. The van der Waals surface area contributed by atoms with Crippen LogP contribution in [-0.2, 0) is 9.53 Å². The molecule has 1 fully saturated rings. The highest BCUT2D eigenvalue weighted by molar-refractivity contribution is 6.06. The van der Waals surface area contributed by atoms with Gasteiger partial charge in [-0.25, -0.2) is 4.99 Å². The number of rotatable bonds is 5. The van der Waals surface area contributed by atoms with Crippen molar-refractivity contribution in [1.82, 2.24) is 4.90 Å². The smallest absolute Gasteiger partial charge is 0.260 e. The lowest BCUT2D eigenvalue weighted by molar-refractivity contribution is -0.132. The maximum atomic E-state index is 12.9. The number of likely N-dealkylation sites (N-methyl/N-ethyl adjacent to an activating group) is 1. The van der Waals surface area contributed by atoms with E-state index in [1.165, 1.54) is 37.0 Å². The molecule has 5 nitrogen and oxygen atoms in total. The largest absolute Gasteiger partial charge is 0.491 e. The quantitative estimate of drug-likeness (QED) is 0.842. The molecule has 0 aromatic rings. The van der Waals surface area contributed by atoms with Crippen molar-refractivity contribution in [2.45, 2.75) is 57.4 Å². The minimum atomic E-state index is -0.849. The number of guanidine groups is 1. The van der Waals surface area contributed by atoms with E-state index in [1.807, 2.05) is 6.08 Å². The van der Waals surface area contributed by atoms with Crippen molar-refractivity contribution in [1.29, 1.82) is 0 Å². The van der Waals surface area contributed by atoms with Crippen molar-refractivity contribution in [3.63, 3.8) is 0 Å². The molecule has 3 aliphatic rings. The predicted molar refractivity (Wildman–Crippen MR) is 95.3 cm³/mol. The third-order valence-electron chi connectivity index (χ3n) is 5.48. The molecule has 1 amide bonds. The van der Waals surface area contributed by atoms with Crippen LogP contribution in [-0.4, -0.2) is 36.0 Å². The molecular formula is C19H29N3O2. The summed E-state index contributed by atoms with van der Waals surface area (Å²) in [6, 6.07) is 0. The molecule has 2 atom stereocenters. The van der Waals surface area contributed by atoms with Crippen LogP contribution >= 0.6 is 0 Å². The van der Waals surface area contributed by atoms with Gasteiger partial charge in [0.05, 0.1) is 0 Å². The normalized spacial score (nSPS) is 31.2. The van der Waals surface area contributed by atoms with Gasteiger partial charge in [-0.05, 0) is 36.8 Å². The van der Waals surface area contributed by atoms with E-state index in [0.29, 0.717) is 17.8 Å². The summed E-state index contributed by atoms with van der Waals surface area (Å²) in [6.45, 7) is 2.45. The maximum Gasteiger partial charge on any atom is 0.260 e. The van der Waals surface area contributed by atoms with E-state index in [-0.39, 0.29) is 12.5 Å². The maximum absolute atomic E-state index is 12.9. The molecule has 1 aliphatic heterocycles. The van der Waals surface area contributed by atoms with Crippen molar-refractivity contribution in [2.75, 3.05) is 13.7 Å². The summed E-state index contributed by atoms with van der Waals surface area (Å²) in [5.41, 5.74) is 5.10. The molecule has 1 saturated carbocycles. The molecule has 3 rings (SSSR count). The molecule has 2 aliphatic carbocycles. The molecule has 0 saturated heterocycles. The van der Waals surface area contributed by atoms with Crippen LogP contribution in [0.4, 0.5) is 0 Å². The number of aliphatic imine (C=N–C) groups is 1. The topological polar surface area (TPSA) is 67.9 Å². The van der Waals surface area contributed by atoms with Gasteiger partial charge in [0, 0.05) is 7.05 Å². The first-order valence-corrected chi connectivity index (χ1v) is 9.15. The number of allylic oxidation sites excluding steroid dienone is 3. The molecule has 24 heavy (non-hydrogen) atoms. The minimum Gasteiger partial charge on any atom is -0.491 e. The molecule has 132 valence electrons. The van der Waals surface area contributed by atoms with Gasteiger partial charge in [0.1, 0.15) is 12.4 Å². The number of hydrogen-bond donors (Lipinski definition) is 1. The van der Waals surface area contributed by atoms with Crippen LogP contribution in [0.2, 0.25) is 0 Å². The van der Waals surface area contributed by atoms with Gasteiger partial charge in [-0.3, -0.25) is 9.69 Å². The van der Waals surface area contributed by atoms with Crippen molar-refractivity contribution in [2.24, 2.45) is 22.6 Å². The molecule has 1 heterocycles. The minimum absolute atomic E-state index is 0.0284. The standard InChI is InChI=1S/C19H29N3O2/c1-14-8-10-16(11-9-14)24-13-19(12-15-6-4-3-5-7-15)17(23)22(2)18(20)21-19/h8,10-11,14-15H,3-7,9,12-13H2,1-2H3,(H2,20,21). The number of carbonyl (C=O) groups excluding carboxylic acids is 1. The van der Waals surface area contributed by atoms with E-state index in [0.717, 1.165) is 18.6 Å². The monoisotopic (exact) mass is 331 g/mol. The second-order valence-corrected chi connectivity index (χ2v) is 7.54. The van der Waals surface area contributed by atoms with Gasteiger partial charge < -0.3 is 10.5 Å². The van der Waals surface area contributed by atoms with Gasteiger partial charge in [0.15, 0.2) is 11.5 Å². The molecule has 2 N–H and O–H groups in total. The first-order chi connectivity index (χ1) is 11.5. The Morgan fingerprint density at radius 2 is 2.12 bits per heavy atom. The van der Waals surface area contributed by atoms with E-state index in [1.54, 1.807) is 7.05 Å². The van der Waals surface area contributed by atoms with Crippen LogP contribution in [0.3, 0.4) is 0 Å². The summed E-state index contributed by atoms with van der Waals surface area (Å²) in [4.78, 5) is 18.9. The van der Waals surface area contributed by atoms with Gasteiger partial charge >= 0.3 is 0 Å². The summed E-state index contributed by atoms with van der Waals surface area (Å²) in [5.74, 6) is 2.19. The Morgan fingerprint density at radius 3 is 2.71 bits per heavy atom. The lowest BCUT2D eigenvalue weighted by Crippen LogP contribution is -2.46. The third kappa shape index (κ3) is 3.50. The molecular weight excluding hydrogens is 302 g/mol. The zero-order chi connectivity index (χ0) is 17.2. The van der Waals surface area contributed by atoms with E-state index in [4.69, 9.17) is 10.5 Å². The highest BCUT2D eigenvalue weighted by atomic mass is 16.5. The van der Waals surface area contributed by atoms with Crippen LogP contribution in [0.5, 0.6) is 0 Å². The van der Waals surface area contributed by atoms with E-state index >= 15 is 0 Å². The number of nitrogens with two attached hydrogens (primary N) is 1. The van der Waals surface area contributed by atoms with Crippen molar-refractivity contribution in [3.05, 3.63) is 24.0 Å². The van der Waals surface area contributed by atoms with E-state index < -0.39 is 5.54 Å². The zero-order valence-corrected chi connectivity index (χ0v) is 14.8. The van der Waals surface area contributed by atoms with Gasteiger partial charge in [-0.2, -0.15) is 0 Å². The number of amides is 1. The van der Waals surface area contributed by atoms with Gasteiger partial charge in [0.25, 0.3) is 5.91 Å². The van der Waals surface area contributed by atoms with Crippen molar-refractivity contribution >= 4 is 11.9 Å². The lowest BCUT2D eigenvalue weighted by Gasteiger charge is -2.31. The van der Waals surface area contributed by atoms with Gasteiger partial charge in [-0.1, -0.05) is 45.1 Å². The Bertz CT molecular complexity index is 575. The molecule has 0 spiro atoms. The molecule has 0 radical (unpaired) electrons. The summed E-state index contributed by atoms with van der Waals surface area (Å²) in [7, 11) is 1.70. The molecule has 5 heteroatoms. The SMILES string of the molecule is CC1C=CC(OCC2(CC3CCCCC3)N=C(N)N(C)C2=O)=CC1. The summed E-state index contributed by atoms with van der Waals surface area (Å²) >= 11 is 0. The molecule has 2 unspecified atom stereocenters. The average molecular weight is 331 g/mol. The van der Waals surface area contributed by atoms with Crippen LogP contribution in [0.1, 0.15) is 51.9 Å². The van der Waals surface area contributed by atoms with E-state index in [2.05, 4.69) is 24.1 Å². The Kier molecular flexibility index (Phi) is 4.97. The highest BCUT2D eigenvalue weighted by Gasteiger charge is 2.48. The summed E-state index contributed by atoms with van der Waals surface area (Å²) in [5, 5.41) is 0.